The molecule has 200 valence electrons. The number of hydrogen-bond donors (Lipinski definition) is 0. The van der Waals surface area contributed by atoms with Gasteiger partial charge >= 0.3 is 5.97 Å². The van der Waals surface area contributed by atoms with Gasteiger partial charge in [-0.05, 0) is 67.5 Å². The molecule has 3 aromatic carbocycles. The van der Waals surface area contributed by atoms with Crippen LogP contribution in [-0.4, -0.2) is 19.7 Å². The van der Waals surface area contributed by atoms with Gasteiger partial charge in [-0.25, -0.2) is 4.39 Å². The molecule has 0 radical (unpaired) electrons. The lowest BCUT2D eigenvalue weighted by Crippen LogP contribution is -2.09. The average Bonchev–Trinajstić information content (AvgIpc) is 3.51. The van der Waals surface area contributed by atoms with Crippen molar-refractivity contribution >= 4 is 5.97 Å². The fourth-order valence-corrected chi connectivity index (χ4v) is 5.37. The Morgan fingerprint density at radius 1 is 1.08 bits per heavy atom. The van der Waals surface area contributed by atoms with Gasteiger partial charge in [0.2, 0.25) is 0 Å². The van der Waals surface area contributed by atoms with Crippen molar-refractivity contribution in [3.05, 3.63) is 82.7 Å². The number of esters is 1. The summed E-state index contributed by atoms with van der Waals surface area (Å²) in [6.07, 6.45) is 4.64. The van der Waals surface area contributed by atoms with E-state index in [1.54, 1.807) is 6.07 Å². The fraction of sp³-hybridized carbons (Fsp3) is 0.406. The van der Waals surface area contributed by atoms with Crippen LogP contribution >= 0.6 is 0 Å². The van der Waals surface area contributed by atoms with Gasteiger partial charge in [-0.2, -0.15) is 0 Å². The second kappa shape index (κ2) is 11.5. The third-order valence-corrected chi connectivity index (χ3v) is 7.42. The number of carbonyl (C=O) groups is 1. The Hall–Kier alpha value is -3.54. The maximum absolute atomic E-state index is 15.0. The van der Waals surface area contributed by atoms with Gasteiger partial charge in [-0.1, -0.05) is 38.5 Å². The van der Waals surface area contributed by atoms with E-state index in [4.69, 9.17) is 18.9 Å². The van der Waals surface area contributed by atoms with Crippen LogP contribution in [0.15, 0.2) is 54.6 Å². The summed E-state index contributed by atoms with van der Waals surface area (Å²) in [6, 6.07) is 17.0. The third kappa shape index (κ3) is 5.79. The Morgan fingerprint density at radius 2 is 1.87 bits per heavy atom. The molecule has 2 unspecified atom stereocenters. The number of carbonyl (C=O) groups excluding carboxylic acids is 1. The van der Waals surface area contributed by atoms with Crippen LogP contribution in [0.5, 0.6) is 23.0 Å². The standard InChI is InChI=1S/C32H35FO5/c1-20(2)5-4-6-21-7-9-23(10-8-21)37-28-16-14-27(33)32-26(28)13-15-29(32)38-24-11-12-25-22(17-31(34)35-3)19-36-30(25)18-24/h7-12,14,16,18,20,22,29H,4-6,13,15,17,19H2,1-3H3. The van der Waals surface area contributed by atoms with Crippen molar-refractivity contribution in [2.45, 2.75) is 64.4 Å². The molecule has 0 saturated heterocycles. The molecule has 38 heavy (non-hydrogen) atoms. The zero-order chi connectivity index (χ0) is 26.6. The van der Waals surface area contributed by atoms with Gasteiger partial charge in [-0.15, -0.1) is 0 Å². The first kappa shape index (κ1) is 26.1. The van der Waals surface area contributed by atoms with Crippen molar-refractivity contribution in [2.24, 2.45) is 5.92 Å². The minimum Gasteiger partial charge on any atom is -0.492 e. The molecule has 0 aromatic heterocycles. The van der Waals surface area contributed by atoms with E-state index in [0.717, 1.165) is 23.3 Å². The van der Waals surface area contributed by atoms with E-state index in [0.29, 0.717) is 48.2 Å². The molecular weight excluding hydrogens is 483 g/mol. The van der Waals surface area contributed by atoms with Crippen LogP contribution in [-0.2, 0) is 22.4 Å². The molecule has 1 aliphatic heterocycles. The highest BCUT2D eigenvalue weighted by Crippen LogP contribution is 2.44. The van der Waals surface area contributed by atoms with Crippen molar-refractivity contribution in [3.63, 3.8) is 0 Å². The van der Waals surface area contributed by atoms with E-state index >= 15 is 4.39 Å². The lowest BCUT2D eigenvalue weighted by Gasteiger charge is -2.17. The van der Waals surface area contributed by atoms with Crippen LogP contribution in [0.4, 0.5) is 4.39 Å². The number of aryl methyl sites for hydroxylation is 1. The molecule has 3 aromatic rings. The first-order valence-corrected chi connectivity index (χ1v) is 13.5. The molecule has 0 spiro atoms. The summed E-state index contributed by atoms with van der Waals surface area (Å²) >= 11 is 0. The quantitative estimate of drug-likeness (QED) is 0.257. The maximum atomic E-state index is 15.0. The van der Waals surface area contributed by atoms with E-state index in [2.05, 4.69) is 26.0 Å². The molecular formula is C32H35FO5. The normalized spacial score (nSPS) is 17.6. The molecule has 1 aliphatic carbocycles. The molecule has 2 atom stereocenters. The Balaban J connectivity index is 1.27. The van der Waals surface area contributed by atoms with Crippen LogP contribution in [0.2, 0.25) is 0 Å². The molecule has 0 bridgehead atoms. The summed E-state index contributed by atoms with van der Waals surface area (Å²) in [7, 11) is 1.39. The molecule has 0 N–H and O–H groups in total. The minimum absolute atomic E-state index is 0.0371. The monoisotopic (exact) mass is 518 g/mol. The highest BCUT2D eigenvalue weighted by Gasteiger charge is 2.32. The van der Waals surface area contributed by atoms with Crippen LogP contribution in [0.3, 0.4) is 0 Å². The summed E-state index contributed by atoms with van der Waals surface area (Å²) in [4.78, 5) is 11.7. The smallest absolute Gasteiger partial charge is 0.306 e. The van der Waals surface area contributed by atoms with Crippen LogP contribution in [0, 0.1) is 11.7 Å². The van der Waals surface area contributed by atoms with Crippen molar-refractivity contribution in [2.75, 3.05) is 13.7 Å². The molecule has 0 fully saturated rings. The number of methoxy groups -OCH3 is 1. The molecule has 0 saturated carbocycles. The van der Waals surface area contributed by atoms with Crippen LogP contribution in [0.25, 0.3) is 0 Å². The van der Waals surface area contributed by atoms with E-state index in [1.165, 1.54) is 31.6 Å². The highest BCUT2D eigenvalue weighted by molar-refractivity contribution is 5.71. The molecule has 1 heterocycles. The Bertz CT molecular complexity index is 1280. The van der Waals surface area contributed by atoms with Crippen molar-refractivity contribution in [1.29, 1.82) is 0 Å². The first-order chi connectivity index (χ1) is 18.4. The first-order valence-electron chi connectivity index (χ1n) is 13.5. The van der Waals surface area contributed by atoms with Gasteiger partial charge < -0.3 is 18.9 Å². The van der Waals surface area contributed by atoms with Gasteiger partial charge in [0.15, 0.2) is 0 Å². The third-order valence-electron chi connectivity index (χ3n) is 7.42. The number of halogens is 1. The van der Waals surface area contributed by atoms with E-state index in [-0.39, 0.29) is 24.1 Å². The summed E-state index contributed by atoms with van der Waals surface area (Å²) in [5.41, 5.74) is 3.66. The molecule has 6 heteroatoms. The largest absolute Gasteiger partial charge is 0.492 e. The summed E-state index contributed by atoms with van der Waals surface area (Å²) in [5.74, 6) is 2.85. The zero-order valence-electron chi connectivity index (χ0n) is 22.3. The van der Waals surface area contributed by atoms with Gasteiger partial charge in [0.05, 0.1) is 20.1 Å². The average molecular weight is 519 g/mol. The lowest BCUT2D eigenvalue weighted by atomic mass is 9.98. The second-order valence-electron chi connectivity index (χ2n) is 10.6. The SMILES string of the molecule is COC(=O)CC1COc2cc(OC3CCc4c(Oc5ccc(CCCC(C)C)cc5)ccc(F)c43)ccc21. The van der Waals surface area contributed by atoms with E-state index < -0.39 is 6.10 Å². The number of hydrogen-bond acceptors (Lipinski definition) is 5. The van der Waals surface area contributed by atoms with Crippen LogP contribution < -0.4 is 14.2 Å². The van der Waals surface area contributed by atoms with Crippen LogP contribution in [0.1, 0.15) is 73.8 Å². The summed E-state index contributed by atoms with van der Waals surface area (Å²) < 4.78 is 38.1. The predicted molar refractivity (Wildman–Crippen MR) is 144 cm³/mol. The Kier molecular flexibility index (Phi) is 7.87. The molecule has 0 amide bonds. The number of fused-ring (bicyclic) bond motifs is 2. The fourth-order valence-electron chi connectivity index (χ4n) is 5.37. The minimum atomic E-state index is -0.415. The van der Waals surface area contributed by atoms with Gasteiger partial charge in [0, 0.05) is 28.7 Å². The number of benzene rings is 3. The summed E-state index contributed by atoms with van der Waals surface area (Å²) in [6.45, 7) is 4.92. The number of ether oxygens (including phenoxy) is 4. The maximum Gasteiger partial charge on any atom is 0.306 e. The number of rotatable bonds is 10. The molecule has 2 aliphatic rings. The summed E-state index contributed by atoms with van der Waals surface area (Å²) in [5, 5.41) is 0. The second-order valence-corrected chi connectivity index (χ2v) is 10.6. The molecule has 5 rings (SSSR count). The Morgan fingerprint density at radius 3 is 2.63 bits per heavy atom. The van der Waals surface area contributed by atoms with E-state index in [9.17, 15) is 4.79 Å². The van der Waals surface area contributed by atoms with Gasteiger partial charge in [0.1, 0.15) is 34.9 Å². The molecule has 5 nitrogen and oxygen atoms in total. The predicted octanol–water partition coefficient (Wildman–Crippen LogP) is 7.70. The Labute approximate surface area is 223 Å². The van der Waals surface area contributed by atoms with Gasteiger partial charge in [0.25, 0.3) is 0 Å². The van der Waals surface area contributed by atoms with Gasteiger partial charge in [-0.3, -0.25) is 4.79 Å². The highest BCUT2D eigenvalue weighted by atomic mass is 19.1. The topological polar surface area (TPSA) is 54.0 Å². The van der Waals surface area contributed by atoms with Crippen molar-refractivity contribution < 1.29 is 28.1 Å². The zero-order valence-corrected chi connectivity index (χ0v) is 22.3. The van der Waals surface area contributed by atoms with Crippen molar-refractivity contribution in [1.82, 2.24) is 0 Å². The van der Waals surface area contributed by atoms with Crippen molar-refractivity contribution in [3.8, 4) is 23.0 Å². The van der Waals surface area contributed by atoms with E-state index in [1.807, 2.05) is 30.3 Å². The lowest BCUT2D eigenvalue weighted by molar-refractivity contribution is -0.141.